The molecule has 5 heteroatoms. The lowest BCUT2D eigenvalue weighted by Crippen LogP contribution is -2.01. The number of nitrogen functional groups attached to an aromatic ring is 1. The highest BCUT2D eigenvalue weighted by atomic mass is 79.9. The molecule has 2 rings (SSSR count). The van der Waals surface area contributed by atoms with Gasteiger partial charge in [0.2, 0.25) is 0 Å². The van der Waals surface area contributed by atoms with E-state index in [1.807, 2.05) is 26.0 Å². The molecule has 0 saturated heterocycles. The maximum absolute atomic E-state index is 5.85. The van der Waals surface area contributed by atoms with Crippen LogP contribution in [0.15, 0.2) is 22.8 Å². The summed E-state index contributed by atoms with van der Waals surface area (Å²) in [6.07, 6.45) is 1.74. The first kappa shape index (κ1) is 10.2. The molecule has 78 valence electrons. The summed E-state index contributed by atoms with van der Waals surface area (Å²) in [6.45, 7) is 3.82. The van der Waals surface area contributed by atoms with Crippen molar-refractivity contribution in [1.29, 1.82) is 0 Å². The van der Waals surface area contributed by atoms with Gasteiger partial charge < -0.3 is 5.73 Å². The van der Waals surface area contributed by atoms with Crippen LogP contribution in [0, 0.1) is 13.8 Å². The Balaban J connectivity index is 2.54. The van der Waals surface area contributed by atoms with Crippen LogP contribution in [-0.2, 0) is 0 Å². The maximum Gasteiger partial charge on any atom is 0.153 e. The summed E-state index contributed by atoms with van der Waals surface area (Å²) in [4.78, 5) is 4.26. The van der Waals surface area contributed by atoms with Gasteiger partial charge in [-0.05, 0) is 41.9 Å². The summed E-state index contributed by atoms with van der Waals surface area (Å²) in [5.41, 5.74) is 8.32. The molecule has 4 nitrogen and oxygen atoms in total. The molecule has 0 radical (unpaired) electrons. The predicted molar refractivity (Wildman–Crippen MR) is 62.9 cm³/mol. The third kappa shape index (κ3) is 1.74. The zero-order valence-corrected chi connectivity index (χ0v) is 10.1. The van der Waals surface area contributed by atoms with Gasteiger partial charge in [-0.1, -0.05) is 0 Å². The Bertz CT molecular complexity index is 487. The second-order valence-electron chi connectivity index (χ2n) is 3.33. The lowest BCUT2D eigenvalue weighted by molar-refractivity contribution is 0.805. The Morgan fingerprint density at radius 1 is 1.33 bits per heavy atom. The Hall–Kier alpha value is -1.36. The number of aryl methyl sites for hydroxylation is 1. The van der Waals surface area contributed by atoms with Crippen LogP contribution in [0.4, 0.5) is 5.69 Å². The van der Waals surface area contributed by atoms with E-state index in [1.165, 1.54) is 0 Å². The van der Waals surface area contributed by atoms with Crippen molar-refractivity contribution in [1.82, 2.24) is 14.8 Å². The lowest BCUT2D eigenvalue weighted by atomic mass is 10.3. The first-order chi connectivity index (χ1) is 7.09. The fraction of sp³-hybridized carbons (Fsp3) is 0.200. The molecular weight excluding hydrogens is 256 g/mol. The molecule has 0 fully saturated rings. The molecule has 0 saturated carbocycles. The van der Waals surface area contributed by atoms with Gasteiger partial charge in [0.15, 0.2) is 5.82 Å². The molecule has 0 atom stereocenters. The minimum atomic E-state index is 0.722. The molecule has 0 unspecified atom stereocenters. The first-order valence-corrected chi connectivity index (χ1v) is 5.32. The van der Waals surface area contributed by atoms with Crippen molar-refractivity contribution in [3.8, 4) is 5.82 Å². The SMILES string of the molecule is Cc1nn(-c2ccc(Br)cn2)c(C)c1N. The van der Waals surface area contributed by atoms with Gasteiger partial charge in [-0.2, -0.15) is 5.10 Å². The Labute approximate surface area is 96.3 Å². The smallest absolute Gasteiger partial charge is 0.153 e. The van der Waals surface area contributed by atoms with E-state index < -0.39 is 0 Å². The fourth-order valence-electron chi connectivity index (χ4n) is 1.37. The lowest BCUT2D eigenvalue weighted by Gasteiger charge is -2.02. The first-order valence-electron chi connectivity index (χ1n) is 4.53. The average molecular weight is 267 g/mol. The molecule has 0 spiro atoms. The third-order valence-corrected chi connectivity index (χ3v) is 2.75. The van der Waals surface area contributed by atoms with Gasteiger partial charge >= 0.3 is 0 Å². The third-order valence-electron chi connectivity index (χ3n) is 2.28. The minimum absolute atomic E-state index is 0.722. The van der Waals surface area contributed by atoms with Crippen LogP contribution in [-0.4, -0.2) is 14.8 Å². The van der Waals surface area contributed by atoms with Gasteiger partial charge in [0.05, 0.1) is 17.1 Å². The Morgan fingerprint density at radius 3 is 2.53 bits per heavy atom. The quantitative estimate of drug-likeness (QED) is 0.861. The summed E-state index contributed by atoms with van der Waals surface area (Å²) in [7, 11) is 0. The van der Waals surface area contributed by atoms with Crippen molar-refractivity contribution in [2.75, 3.05) is 5.73 Å². The normalized spacial score (nSPS) is 10.6. The molecule has 0 aliphatic rings. The zero-order valence-electron chi connectivity index (χ0n) is 8.53. The molecule has 15 heavy (non-hydrogen) atoms. The van der Waals surface area contributed by atoms with Gasteiger partial charge in [0.1, 0.15) is 0 Å². The van der Waals surface area contributed by atoms with Crippen LogP contribution < -0.4 is 5.73 Å². The zero-order chi connectivity index (χ0) is 11.0. The molecule has 0 amide bonds. The summed E-state index contributed by atoms with van der Waals surface area (Å²) >= 11 is 3.34. The average Bonchev–Trinajstić information content (AvgIpc) is 2.47. The van der Waals surface area contributed by atoms with Gasteiger partial charge in [0, 0.05) is 10.7 Å². The van der Waals surface area contributed by atoms with Crippen molar-refractivity contribution in [3.63, 3.8) is 0 Å². The Kier molecular flexibility index (Phi) is 2.48. The van der Waals surface area contributed by atoms with Crippen molar-refractivity contribution in [2.24, 2.45) is 0 Å². The second-order valence-corrected chi connectivity index (χ2v) is 4.25. The molecule has 2 heterocycles. The van der Waals surface area contributed by atoms with Crippen LogP contribution in [0.2, 0.25) is 0 Å². The van der Waals surface area contributed by atoms with Gasteiger partial charge in [-0.15, -0.1) is 0 Å². The van der Waals surface area contributed by atoms with Crippen LogP contribution in [0.25, 0.3) is 5.82 Å². The minimum Gasteiger partial charge on any atom is -0.396 e. The van der Waals surface area contributed by atoms with Gasteiger partial charge in [-0.25, -0.2) is 9.67 Å². The number of pyridine rings is 1. The van der Waals surface area contributed by atoms with E-state index in [9.17, 15) is 0 Å². The Morgan fingerprint density at radius 2 is 2.07 bits per heavy atom. The highest BCUT2D eigenvalue weighted by Gasteiger charge is 2.09. The van der Waals surface area contributed by atoms with Crippen LogP contribution in [0.1, 0.15) is 11.4 Å². The second kappa shape index (κ2) is 3.66. The molecule has 0 aliphatic carbocycles. The number of nitrogens with two attached hydrogens (primary N) is 1. The van der Waals surface area contributed by atoms with E-state index in [2.05, 4.69) is 26.0 Å². The van der Waals surface area contributed by atoms with Crippen LogP contribution >= 0.6 is 15.9 Å². The van der Waals surface area contributed by atoms with Crippen LogP contribution in [0.3, 0.4) is 0 Å². The van der Waals surface area contributed by atoms with Crippen molar-refractivity contribution in [2.45, 2.75) is 13.8 Å². The van der Waals surface area contributed by atoms with E-state index in [1.54, 1.807) is 10.9 Å². The number of nitrogens with zero attached hydrogens (tertiary/aromatic N) is 3. The monoisotopic (exact) mass is 266 g/mol. The molecule has 2 N–H and O–H groups in total. The standard InChI is InChI=1S/C10H11BrN4/c1-6-10(12)7(2)15(14-6)9-4-3-8(11)5-13-9/h3-5H,12H2,1-2H3. The van der Waals surface area contributed by atoms with E-state index in [-0.39, 0.29) is 0 Å². The van der Waals surface area contributed by atoms with Gasteiger partial charge in [0.25, 0.3) is 0 Å². The number of hydrogen-bond donors (Lipinski definition) is 1. The highest BCUT2D eigenvalue weighted by molar-refractivity contribution is 9.10. The number of rotatable bonds is 1. The number of anilines is 1. The van der Waals surface area contributed by atoms with Crippen molar-refractivity contribution >= 4 is 21.6 Å². The predicted octanol–water partition coefficient (Wildman–Crippen LogP) is 2.23. The summed E-state index contributed by atoms with van der Waals surface area (Å²) < 4.78 is 2.69. The summed E-state index contributed by atoms with van der Waals surface area (Å²) in [5.74, 6) is 0.774. The largest absolute Gasteiger partial charge is 0.396 e. The number of aromatic nitrogens is 3. The summed E-state index contributed by atoms with van der Waals surface area (Å²) in [6, 6.07) is 3.82. The number of halogens is 1. The van der Waals surface area contributed by atoms with Crippen LogP contribution in [0.5, 0.6) is 0 Å². The van der Waals surface area contributed by atoms with E-state index in [0.29, 0.717) is 0 Å². The molecule has 2 aromatic rings. The van der Waals surface area contributed by atoms with Gasteiger partial charge in [-0.3, -0.25) is 0 Å². The molecule has 2 aromatic heterocycles. The summed E-state index contributed by atoms with van der Waals surface area (Å²) in [5, 5.41) is 4.32. The van der Waals surface area contributed by atoms with E-state index >= 15 is 0 Å². The topological polar surface area (TPSA) is 56.7 Å². The molecule has 0 aliphatic heterocycles. The number of hydrogen-bond acceptors (Lipinski definition) is 3. The maximum atomic E-state index is 5.85. The fourth-order valence-corrected chi connectivity index (χ4v) is 1.61. The molecule has 0 aromatic carbocycles. The van der Waals surface area contributed by atoms with E-state index in [0.717, 1.165) is 27.4 Å². The van der Waals surface area contributed by atoms with Crippen molar-refractivity contribution in [3.05, 3.63) is 34.2 Å². The van der Waals surface area contributed by atoms with Crippen molar-refractivity contribution < 1.29 is 0 Å². The van der Waals surface area contributed by atoms with E-state index in [4.69, 9.17) is 5.73 Å². The molecular formula is C10H11BrN4. The molecule has 0 bridgehead atoms. The highest BCUT2D eigenvalue weighted by Crippen LogP contribution is 2.18.